The fourth-order valence-corrected chi connectivity index (χ4v) is 3.43. The number of pyridine rings is 1. The summed E-state index contributed by atoms with van der Waals surface area (Å²) in [5.74, 6) is 1.34. The van der Waals surface area contributed by atoms with E-state index in [1.54, 1.807) is 6.20 Å². The van der Waals surface area contributed by atoms with Gasteiger partial charge in [-0.2, -0.15) is 0 Å². The van der Waals surface area contributed by atoms with Gasteiger partial charge in [-0.15, -0.1) is 0 Å². The van der Waals surface area contributed by atoms with E-state index < -0.39 is 6.29 Å². The van der Waals surface area contributed by atoms with Crippen LogP contribution in [-0.4, -0.2) is 35.6 Å². The van der Waals surface area contributed by atoms with Crippen LogP contribution in [-0.2, 0) is 15.9 Å². The smallest absolute Gasteiger partial charge is 0.253 e. The summed E-state index contributed by atoms with van der Waals surface area (Å²) in [5.41, 5.74) is 4.38. The fourth-order valence-electron chi connectivity index (χ4n) is 3.43. The molecule has 5 rings (SSSR count). The molecule has 7 nitrogen and oxygen atoms in total. The number of nitrogens with one attached hydrogen (secondary N) is 2. The van der Waals surface area contributed by atoms with Crippen LogP contribution in [0.5, 0.6) is 0 Å². The quantitative estimate of drug-likeness (QED) is 0.729. The molecule has 0 aromatic carbocycles. The average molecular weight is 377 g/mol. The lowest BCUT2D eigenvalue weighted by atomic mass is 10.1. The monoisotopic (exact) mass is 377 g/mol. The zero-order chi connectivity index (χ0) is 18.9. The van der Waals surface area contributed by atoms with Gasteiger partial charge in [-0.1, -0.05) is 0 Å². The molecule has 2 aliphatic rings. The highest BCUT2D eigenvalue weighted by atomic mass is 16.7. The normalized spacial score (nSPS) is 17.2. The van der Waals surface area contributed by atoms with Gasteiger partial charge in [0.2, 0.25) is 6.29 Å². The highest BCUT2D eigenvalue weighted by molar-refractivity contribution is 5.97. The van der Waals surface area contributed by atoms with Gasteiger partial charge in [0.1, 0.15) is 5.76 Å². The number of aromatic amines is 1. The Balaban J connectivity index is 1.36. The van der Waals surface area contributed by atoms with Gasteiger partial charge < -0.3 is 24.2 Å². The molecule has 0 atom stereocenters. The standard InChI is InChI=1S/C21H19N3O4/c25-20-16-12-18(24-17(16)6-8-23-20)13-5-7-22-14(11-13)1-2-15-3-4-19(28-15)21-26-9-10-27-21/h1-5,7,11-12,21,24H,6,8-10H2,(H,23,25). The molecule has 0 spiro atoms. The summed E-state index contributed by atoms with van der Waals surface area (Å²) in [5, 5.41) is 2.86. The highest BCUT2D eigenvalue weighted by Gasteiger charge is 2.21. The Hall–Kier alpha value is -3.16. The molecule has 0 aliphatic carbocycles. The van der Waals surface area contributed by atoms with Gasteiger partial charge in [0.15, 0.2) is 5.76 Å². The Morgan fingerprint density at radius 3 is 2.86 bits per heavy atom. The Morgan fingerprint density at radius 2 is 2.00 bits per heavy atom. The topological polar surface area (TPSA) is 89.4 Å². The number of hydrogen-bond donors (Lipinski definition) is 2. The van der Waals surface area contributed by atoms with Crippen molar-refractivity contribution in [1.29, 1.82) is 0 Å². The summed E-state index contributed by atoms with van der Waals surface area (Å²) in [7, 11) is 0. The third kappa shape index (κ3) is 3.26. The number of furan rings is 1. The first kappa shape index (κ1) is 17.0. The molecule has 2 N–H and O–H groups in total. The van der Waals surface area contributed by atoms with Gasteiger partial charge in [0.05, 0.1) is 24.5 Å². The third-order valence-corrected chi connectivity index (χ3v) is 4.82. The van der Waals surface area contributed by atoms with E-state index in [1.807, 2.05) is 42.5 Å². The number of fused-ring (bicyclic) bond motifs is 1. The number of rotatable bonds is 4. The second-order valence-electron chi connectivity index (χ2n) is 6.70. The number of hydrogen-bond acceptors (Lipinski definition) is 5. The van der Waals surface area contributed by atoms with E-state index in [0.29, 0.717) is 31.3 Å². The molecule has 0 bridgehead atoms. The molecule has 1 amide bonds. The van der Waals surface area contributed by atoms with E-state index >= 15 is 0 Å². The zero-order valence-corrected chi connectivity index (χ0v) is 15.1. The van der Waals surface area contributed by atoms with Crippen molar-refractivity contribution in [1.82, 2.24) is 15.3 Å². The lowest BCUT2D eigenvalue weighted by molar-refractivity contribution is -0.0589. The molecular weight excluding hydrogens is 358 g/mol. The van der Waals surface area contributed by atoms with Crippen molar-refractivity contribution in [3.8, 4) is 11.3 Å². The molecule has 2 aliphatic heterocycles. The first-order valence-corrected chi connectivity index (χ1v) is 9.24. The van der Waals surface area contributed by atoms with Gasteiger partial charge in [0, 0.05) is 36.1 Å². The number of carbonyl (C=O) groups excluding carboxylic acids is 1. The summed E-state index contributed by atoms with van der Waals surface area (Å²) in [6.45, 7) is 1.83. The minimum atomic E-state index is -0.417. The number of nitrogens with zero attached hydrogens (tertiary/aromatic N) is 1. The number of ether oxygens (including phenoxy) is 2. The maximum absolute atomic E-state index is 12.0. The van der Waals surface area contributed by atoms with Gasteiger partial charge in [-0.05, 0) is 42.5 Å². The van der Waals surface area contributed by atoms with Crippen LogP contribution < -0.4 is 5.32 Å². The summed E-state index contributed by atoms with van der Waals surface area (Å²) in [6.07, 6.45) is 5.90. The lowest BCUT2D eigenvalue weighted by Gasteiger charge is -2.10. The van der Waals surface area contributed by atoms with Crippen LogP contribution in [0.1, 0.15) is 39.6 Å². The molecule has 1 saturated heterocycles. The number of H-pyrrole nitrogens is 1. The average Bonchev–Trinajstić information content (AvgIpc) is 3.46. The van der Waals surface area contributed by atoms with E-state index in [0.717, 1.165) is 34.6 Å². The maximum Gasteiger partial charge on any atom is 0.253 e. The number of aromatic nitrogens is 2. The molecule has 28 heavy (non-hydrogen) atoms. The van der Waals surface area contributed by atoms with E-state index in [9.17, 15) is 4.79 Å². The minimum absolute atomic E-state index is 0.0261. The van der Waals surface area contributed by atoms with E-state index in [-0.39, 0.29) is 5.91 Å². The predicted octanol–water partition coefficient (Wildman–Crippen LogP) is 3.17. The largest absolute Gasteiger partial charge is 0.456 e. The molecule has 7 heteroatoms. The van der Waals surface area contributed by atoms with Crippen molar-refractivity contribution in [2.24, 2.45) is 0 Å². The van der Waals surface area contributed by atoms with Crippen molar-refractivity contribution >= 4 is 18.1 Å². The first-order chi connectivity index (χ1) is 13.8. The van der Waals surface area contributed by atoms with Crippen LogP contribution in [0.25, 0.3) is 23.4 Å². The van der Waals surface area contributed by atoms with Gasteiger partial charge in [0.25, 0.3) is 5.91 Å². The summed E-state index contributed by atoms with van der Waals surface area (Å²) in [6, 6.07) is 9.52. The van der Waals surface area contributed by atoms with Crippen LogP contribution in [0.2, 0.25) is 0 Å². The minimum Gasteiger partial charge on any atom is -0.456 e. The SMILES string of the molecule is O=C1NCCc2[nH]c(-c3ccnc(C=Cc4ccc(C5OCCO5)o4)c3)cc21. The van der Waals surface area contributed by atoms with Crippen molar-refractivity contribution < 1.29 is 18.7 Å². The number of amides is 1. The van der Waals surface area contributed by atoms with E-state index in [1.165, 1.54) is 0 Å². The molecule has 0 unspecified atom stereocenters. The summed E-state index contributed by atoms with van der Waals surface area (Å²) in [4.78, 5) is 19.7. The Bertz CT molecular complexity index is 1040. The Kier molecular flexibility index (Phi) is 4.31. The van der Waals surface area contributed by atoms with Crippen LogP contribution in [0.4, 0.5) is 0 Å². The second kappa shape index (κ2) is 7.10. The van der Waals surface area contributed by atoms with Gasteiger partial charge in [-0.25, -0.2) is 0 Å². The van der Waals surface area contributed by atoms with Crippen LogP contribution in [0.15, 0.2) is 40.9 Å². The number of carbonyl (C=O) groups is 1. The van der Waals surface area contributed by atoms with Crippen LogP contribution in [0.3, 0.4) is 0 Å². The Morgan fingerprint density at radius 1 is 1.11 bits per heavy atom. The summed E-state index contributed by atoms with van der Waals surface area (Å²) >= 11 is 0. The molecule has 3 aromatic heterocycles. The van der Waals surface area contributed by atoms with Crippen LogP contribution in [0, 0.1) is 0 Å². The zero-order valence-electron chi connectivity index (χ0n) is 15.1. The Labute approximate surface area is 161 Å². The van der Waals surface area contributed by atoms with Crippen molar-refractivity contribution in [3.05, 3.63) is 65.0 Å². The van der Waals surface area contributed by atoms with E-state index in [2.05, 4.69) is 15.3 Å². The maximum atomic E-state index is 12.0. The molecule has 142 valence electrons. The van der Waals surface area contributed by atoms with Crippen molar-refractivity contribution in [2.75, 3.05) is 19.8 Å². The molecule has 3 aromatic rings. The lowest BCUT2D eigenvalue weighted by Crippen LogP contribution is -2.31. The van der Waals surface area contributed by atoms with Crippen molar-refractivity contribution in [3.63, 3.8) is 0 Å². The van der Waals surface area contributed by atoms with E-state index in [4.69, 9.17) is 13.9 Å². The molecule has 5 heterocycles. The fraction of sp³-hybridized carbons (Fsp3) is 0.238. The van der Waals surface area contributed by atoms with Gasteiger partial charge in [-0.3, -0.25) is 9.78 Å². The molecule has 0 radical (unpaired) electrons. The highest BCUT2D eigenvalue weighted by Crippen LogP contribution is 2.27. The van der Waals surface area contributed by atoms with Crippen LogP contribution >= 0.6 is 0 Å². The van der Waals surface area contributed by atoms with Crippen molar-refractivity contribution in [2.45, 2.75) is 12.7 Å². The molecule has 0 saturated carbocycles. The predicted molar refractivity (Wildman–Crippen MR) is 102 cm³/mol. The summed E-state index contributed by atoms with van der Waals surface area (Å²) < 4.78 is 16.6. The molecular formula is C21H19N3O4. The third-order valence-electron chi connectivity index (χ3n) is 4.82. The molecule has 1 fully saturated rings. The first-order valence-electron chi connectivity index (χ1n) is 9.24. The second-order valence-corrected chi connectivity index (χ2v) is 6.70. The van der Waals surface area contributed by atoms with Gasteiger partial charge >= 0.3 is 0 Å².